The minimum Gasteiger partial charge on any atom is -0.497 e. The summed E-state index contributed by atoms with van der Waals surface area (Å²) in [4.78, 5) is 12.1. The number of carbonyl (C=O) groups is 1. The maximum Gasteiger partial charge on any atom is 0.238 e. The summed E-state index contributed by atoms with van der Waals surface area (Å²) < 4.78 is 29.4. The second kappa shape index (κ2) is 7.14. The van der Waals surface area contributed by atoms with Crippen LogP contribution in [0.25, 0.3) is 10.9 Å². The van der Waals surface area contributed by atoms with Gasteiger partial charge in [-0.1, -0.05) is 0 Å². The van der Waals surface area contributed by atoms with E-state index in [4.69, 9.17) is 9.88 Å². The molecule has 0 bridgehead atoms. The van der Waals surface area contributed by atoms with Crippen molar-refractivity contribution in [2.45, 2.75) is 17.9 Å². The number of benzene rings is 2. The molecule has 0 aliphatic heterocycles. The molecule has 3 rings (SSSR count). The highest BCUT2D eigenvalue weighted by Gasteiger charge is 2.09. The Balaban J connectivity index is 1.62. The number of primary sulfonamides is 1. The average molecular weight is 374 g/mol. The van der Waals surface area contributed by atoms with E-state index in [9.17, 15) is 13.2 Å². The number of hydrogen-bond acceptors (Lipinski definition) is 5. The third kappa shape index (κ3) is 4.01. The van der Waals surface area contributed by atoms with Crippen LogP contribution in [-0.4, -0.2) is 31.2 Å². The molecule has 0 unspecified atom stereocenters. The first kappa shape index (κ1) is 17.9. The first-order chi connectivity index (χ1) is 12.4. The van der Waals surface area contributed by atoms with Gasteiger partial charge in [0.1, 0.15) is 5.75 Å². The molecular weight excluding hydrogens is 356 g/mol. The van der Waals surface area contributed by atoms with Gasteiger partial charge >= 0.3 is 0 Å². The minimum absolute atomic E-state index is 0.00561. The highest BCUT2D eigenvalue weighted by molar-refractivity contribution is 7.89. The summed E-state index contributed by atoms with van der Waals surface area (Å²) >= 11 is 0. The van der Waals surface area contributed by atoms with E-state index in [1.165, 1.54) is 24.3 Å². The van der Waals surface area contributed by atoms with Crippen LogP contribution < -0.4 is 15.2 Å². The van der Waals surface area contributed by atoms with E-state index < -0.39 is 10.0 Å². The number of fused-ring (bicyclic) bond motifs is 1. The number of methoxy groups -OCH3 is 1. The van der Waals surface area contributed by atoms with Gasteiger partial charge in [0.25, 0.3) is 0 Å². The predicted octanol–water partition coefficient (Wildman–Crippen LogP) is 1.72. The number of carbonyl (C=O) groups excluding carboxylic acids is 1. The monoisotopic (exact) mass is 374 g/mol. The number of nitrogens with two attached hydrogens (primary N) is 1. The molecule has 0 radical (unpaired) electrons. The van der Waals surface area contributed by atoms with Crippen LogP contribution in [0.15, 0.2) is 53.6 Å². The van der Waals surface area contributed by atoms with Crippen molar-refractivity contribution in [1.29, 1.82) is 0 Å². The Morgan fingerprint density at radius 3 is 2.62 bits per heavy atom. The van der Waals surface area contributed by atoms with Gasteiger partial charge in [0.2, 0.25) is 15.9 Å². The molecule has 0 atom stereocenters. The number of ether oxygens (including phenoxy) is 1. The van der Waals surface area contributed by atoms with Gasteiger partial charge in [-0.2, -0.15) is 5.10 Å². The van der Waals surface area contributed by atoms with Crippen molar-refractivity contribution in [3.63, 3.8) is 0 Å². The average Bonchev–Trinajstić information content (AvgIpc) is 3.01. The summed E-state index contributed by atoms with van der Waals surface area (Å²) in [6.07, 6.45) is 1.95. The Hall–Kier alpha value is -2.91. The maximum absolute atomic E-state index is 12.1. The van der Waals surface area contributed by atoms with Crippen LogP contribution in [0.5, 0.6) is 5.75 Å². The van der Waals surface area contributed by atoms with Crippen LogP contribution >= 0.6 is 0 Å². The number of amides is 1. The van der Waals surface area contributed by atoms with E-state index in [2.05, 4.69) is 10.4 Å². The van der Waals surface area contributed by atoms with Crippen LogP contribution in [0.4, 0.5) is 5.69 Å². The Labute approximate surface area is 150 Å². The van der Waals surface area contributed by atoms with Crippen molar-refractivity contribution >= 4 is 32.5 Å². The lowest BCUT2D eigenvalue weighted by Crippen LogP contribution is -2.15. The molecule has 1 amide bonds. The van der Waals surface area contributed by atoms with Gasteiger partial charge in [-0.3, -0.25) is 9.48 Å². The quantitative estimate of drug-likeness (QED) is 0.681. The Bertz CT molecular complexity index is 1040. The third-order valence-corrected chi connectivity index (χ3v) is 4.80. The summed E-state index contributed by atoms with van der Waals surface area (Å²) in [5.41, 5.74) is 1.41. The number of sulfonamides is 1. The Morgan fingerprint density at radius 1 is 1.23 bits per heavy atom. The molecule has 1 heterocycles. The zero-order chi connectivity index (χ0) is 18.7. The molecule has 9 heteroatoms. The lowest BCUT2D eigenvalue weighted by molar-refractivity contribution is -0.116. The highest BCUT2D eigenvalue weighted by atomic mass is 32.2. The molecule has 0 aliphatic rings. The van der Waals surface area contributed by atoms with E-state index in [-0.39, 0.29) is 17.2 Å². The van der Waals surface area contributed by atoms with Crippen molar-refractivity contribution < 1.29 is 17.9 Å². The van der Waals surface area contributed by atoms with E-state index in [1.807, 2.05) is 18.2 Å². The van der Waals surface area contributed by atoms with Crippen molar-refractivity contribution in [2.75, 3.05) is 12.4 Å². The summed E-state index contributed by atoms with van der Waals surface area (Å²) in [6, 6.07) is 11.3. The zero-order valence-electron chi connectivity index (χ0n) is 14.0. The molecule has 3 N–H and O–H groups in total. The number of rotatable bonds is 6. The van der Waals surface area contributed by atoms with Gasteiger partial charge in [-0.15, -0.1) is 0 Å². The summed E-state index contributed by atoms with van der Waals surface area (Å²) in [5.74, 6) is 0.545. The molecule has 2 aromatic carbocycles. The highest BCUT2D eigenvalue weighted by Crippen LogP contribution is 2.20. The molecule has 3 aromatic rings. The van der Waals surface area contributed by atoms with Crippen LogP contribution in [0.3, 0.4) is 0 Å². The number of nitrogens with one attached hydrogen (secondary N) is 1. The maximum atomic E-state index is 12.1. The minimum atomic E-state index is -3.75. The lowest BCUT2D eigenvalue weighted by atomic mass is 10.2. The van der Waals surface area contributed by atoms with Crippen molar-refractivity contribution in [3.05, 3.63) is 48.7 Å². The van der Waals surface area contributed by atoms with Gasteiger partial charge in [-0.05, 0) is 42.5 Å². The van der Waals surface area contributed by atoms with Crippen molar-refractivity contribution in [3.8, 4) is 5.75 Å². The van der Waals surface area contributed by atoms with E-state index in [0.29, 0.717) is 12.2 Å². The van der Waals surface area contributed by atoms with Crippen LogP contribution in [0.1, 0.15) is 6.42 Å². The van der Waals surface area contributed by atoms with Crippen LogP contribution in [0.2, 0.25) is 0 Å². The van der Waals surface area contributed by atoms with Gasteiger partial charge < -0.3 is 10.1 Å². The second-order valence-corrected chi connectivity index (χ2v) is 7.22. The first-order valence-electron chi connectivity index (χ1n) is 7.79. The summed E-state index contributed by atoms with van der Waals surface area (Å²) in [7, 11) is -2.14. The zero-order valence-corrected chi connectivity index (χ0v) is 14.9. The molecule has 136 valence electrons. The lowest BCUT2D eigenvalue weighted by Gasteiger charge is -2.07. The van der Waals surface area contributed by atoms with E-state index in [0.717, 1.165) is 16.7 Å². The summed E-state index contributed by atoms with van der Waals surface area (Å²) in [6.45, 7) is 0.414. The van der Waals surface area contributed by atoms with Crippen molar-refractivity contribution in [1.82, 2.24) is 9.78 Å². The third-order valence-electron chi connectivity index (χ3n) is 3.87. The SMILES string of the molecule is COc1ccc2c(cnn2CCC(=O)Nc2ccc(S(N)(=O)=O)cc2)c1. The standard InChI is InChI=1S/C17H18N4O4S/c1-25-14-4-7-16-12(10-14)11-19-21(16)9-8-17(22)20-13-2-5-15(6-3-13)26(18,23)24/h2-7,10-11H,8-9H2,1H3,(H,20,22)(H2,18,23,24). The molecule has 26 heavy (non-hydrogen) atoms. The number of anilines is 1. The fourth-order valence-corrected chi connectivity index (χ4v) is 3.04. The molecule has 0 saturated carbocycles. The molecule has 1 aromatic heterocycles. The fraction of sp³-hybridized carbons (Fsp3) is 0.176. The number of nitrogens with zero attached hydrogens (tertiary/aromatic N) is 2. The molecule has 0 fully saturated rings. The summed E-state index contributed by atoms with van der Waals surface area (Å²) in [5, 5.41) is 13.0. The predicted molar refractivity (Wildman–Crippen MR) is 97.3 cm³/mol. The normalized spacial score (nSPS) is 11.5. The second-order valence-electron chi connectivity index (χ2n) is 5.66. The van der Waals surface area contributed by atoms with Crippen molar-refractivity contribution in [2.24, 2.45) is 5.14 Å². The topological polar surface area (TPSA) is 116 Å². The molecular formula is C17H18N4O4S. The number of aryl methyl sites for hydroxylation is 1. The molecule has 8 nitrogen and oxygen atoms in total. The fourth-order valence-electron chi connectivity index (χ4n) is 2.53. The van der Waals surface area contributed by atoms with E-state index in [1.54, 1.807) is 18.0 Å². The van der Waals surface area contributed by atoms with Gasteiger partial charge in [-0.25, -0.2) is 13.6 Å². The largest absolute Gasteiger partial charge is 0.497 e. The Kier molecular flexibility index (Phi) is 4.92. The van der Waals surface area contributed by atoms with E-state index >= 15 is 0 Å². The van der Waals surface area contributed by atoms with Crippen LogP contribution in [0, 0.1) is 0 Å². The van der Waals surface area contributed by atoms with Gasteiger partial charge in [0.05, 0.1) is 30.3 Å². The first-order valence-corrected chi connectivity index (χ1v) is 9.34. The van der Waals surface area contributed by atoms with Crippen LogP contribution in [-0.2, 0) is 21.4 Å². The van der Waals surface area contributed by atoms with Gasteiger partial charge in [0.15, 0.2) is 0 Å². The number of hydrogen-bond donors (Lipinski definition) is 2. The number of aromatic nitrogens is 2. The molecule has 0 spiro atoms. The Morgan fingerprint density at radius 2 is 1.96 bits per heavy atom. The van der Waals surface area contributed by atoms with Gasteiger partial charge in [0, 0.05) is 17.5 Å². The molecule has 0 aliphatic carbocycles. The molecule has 0 saturated heterocycles. The smallest absolute Gasteiger partial charge is 0.238 e.